The first-order chi connectivity index (χ1) is 8.97. The summed E-state index contributed by atoms with van der Waals surface area (Å²) in [6.07, 6.45) is 0. The molecule has 0 fully saturated rings. The molecule has 0 saturated carbocycles. The van der Waals surface area contributed by atoms with E-state index in [0.717, 1.165) is 0 Å². The summed E-state index contributed by atoms with van der Waals surface area (Å²) in [6, 6.07) is 6.71. The van der Waals surface area contributed by atoms with Crippen molar-refractivity contribution in [2.45, 2.75) is 6.92 Å². The zero-order valence-corrected chi connectivity index (χ0v) is 9.82. The van der Waals surface area contributed by atoms with E-state index in [9.17, 15) is 14.9 Å². The number of rotatable bonds is 4. The molecule has 0 spiro atoms. The van der Waals surface area contributed by atoms with Gasteiger partial charge < -0.3 is 14.3 Å². The van der Waals surface area contributed by atoms with Gasteiger partial charge in [0.2, 0.25) is 5.76 Å². The first-order valence-electron chi connectivity index (χ1n) is 5.23. The third-order valence-electron chi connectivity index (χ3n) is 2.37. The average Bonchev–Trinajstić information content (AvgIpc) is 2.80. The number of nitrogens with zero attached hydrogens (tertiary/aromatic N) is 1. The predicted molar refractivity (Wildman–Crippen MR) is 63.6 cm³/mol. The zero-order valence-electron chi connectivity index (χ0n) is 9.82. The van der Waals surface area contributed by atoms with E-state index in [2.05, 4.69) is 0 Å². The van der Waals surface area contributed by atoms with Crippen LogP contribution in [0.3, 0.4) is 0 Å². The van der Waals surface area contributed by atoms with Gasteiger partial charge in [-0.2, -0.15) is 0 Å². The molecule has 0 aliphatic heterocycles. The van der Waals surface area contributed by atoms with Gasteiger partial charge in [0, 0.05) is 18.2 Å². The summed E-state index contributed by atoms with van der Waals surface area (Å²) >= 11 is 0. The van der Waals surface area contributed by atoms with Crippen molar-refractivity contribution < 1.29 is 24.0 Å². The van der Waals surface area contributed by atoms with Crippen molar-refractivity contribution in [1.82, 2.24) is 0 Å². The van der Waals surface area contributed by atoms with Crippen LogP contribution in [-0.4, -0.2) is 16.0 Å². The Balaban J connectivity index is 2.23. The van der Waals surface area contributed by atoms with Gasteiger partial charge in [-0.1, -0.05) is 0 Å². The highest BCUT2D eigenvalue weighted by Gasteiger charge is 2.13. The Morgan fingerprint density at radius 1 is 1.37 bits per heavy atom. The lowest BCUT2D eigenvalue weighted by atomic mass is 10.2. The van der Waals surface area contributed by atoms with Gasteiger partial charge in [-0.25, -0.2) is 4.79 Å². The number of nitro groups is 1. The fraction of sp³-hybridized carbons (Fsp3) is 0.0833. The Morgan fingerprint density at radius 3 is 2.63 bits per heavy atom. The Kier molecular flexibility index (Phi) is 3.19. The second-order valence-corrected chi connectivity index (χ2v) is 3.73. The topological polar surface area (TPSA) is 103 Å². The number of benzene rings is 1. The second kappa shape index (κ2) is 4.81. The van der Waals surface area contributed by atoms with E-state index in [1.807, 2.05) is 0 Å². The van der Waals surface area contributed by atoms with E-state index in [1.165, 1.54) is 30.3 Å². The quantitative estimate of drug-likeness (QED) is 0.671. The molecular weight excluding hydrogens is 254 g/mol. The van der Waals surface area contributed by atoms with Gasteiger partial charge in [-0.15, -0.1) is 0 Å². The molecule has 0 unspecified atom stereocenters. The second-order valence-electron chi connectivity index (χ2n) is 3.73. The largest absolute Gasteiger partial charge is 0.475 e. The molecule has 0 aliphatic rings. The molecule has 0 saturated heterocycles. The van der Waals surface area contributed by atoms with E-state index >= 15 is 0 Å². The molecule has 0 bridgehead atoms. The van der Waals surface area contributed by atoms with Crippen LogP contribution in [0.1, 0.15) is 16.1 Å². The Morgan fingerprint density at radius 2 is 2.11 bits per heavy atom. The van der Waals surface area contributed by atoms with Crippen LogP contribution in [0, 0.1) is 17.0 Å². The summed E-state index contributed by atoms with van der Waals surface area (Å²) in [4.78, 5) is 20.7. The van der Waals surface area contributed by atoms with Crippen LogP contribution < -0.4 is 4.74 Å². The van der Waals surface area contributed by atoms with Gasteiger partial charge in [0.05, 0.1) is 4.92 Å². The van der Waals surface area contributed by atoms with Crippen LogP contribution in [0.15, 0.2) is 34.7 Å². The molecule has 1 heterocycles. The summed E-state index contributed by atoms with van der Waals surface area (Å²) in [7, 11) is 0. The lowest BCUT2D eigenvalue weighted by Crippen LogP contribution is -1.92. The van der Waals surface area contributed by atoms with Gasteiger partial charge in [0.15, 0.2) is 0 Å². The Labute approximate surface area is 107 Å². The van der Waals surface area contributed by atoms with Gasteiger partial charge in [0.1, 0.15) is 5.75 Å². The molecule has 7 heteroatoms. The number of non-ortho nitro benzene ring substituents is 1. The fourth-order valence-electron chi connectivity index (χ4n) is 1.46. The number of hydrogen-bond acceptors (Lipinski definition) is 5. The molecular formula is C12H9NO6. The molecule has 1 N–H and O–H groups in total. The lowest BCUT2D eigenvalue weighted by molar-refractivity contribution is -0.384. The van der Waals surface area contributed by atoms with Crippen LogP contribution in [0.2, 0.25) is 0 Å². The summed E-state index contributed by atoms with van der Waals surface area (Å²) in [5.74, 6) is -1.07. The molecule has 19 heavy (non-hydrogen) atoms. The van der Waals surface area contributed by atoms with Crippen LogP contribution in [0.4, 0.5) is 5.69 Å². The van der Waals surface area contributed by atoms with Crippen LogP contribution >= 0.6 is 0 Å². The molecule has 0 radical (unpaired) electrons. The van der Waals surface area contributed by atoms with E-state index < -0.39 is 10.9 Å². The minimum absolute atomic E-state index is 0.00866. The van der Waals surface area contributed by atoms with Crippen molar-refractivity contribution in [2.24, 2.45) is 0 Å². The molecule has 0 aliphatic carbocycles. The Bertz CT molecular complexity index is 645. The number of carboxylic acid groups (broad SMARTS) is 1. The molecule has 98 valence electrons. The molecule has 0 amide bonds. The normalized spacial score (nSPS) is 10.2. The van der Waals surface area contributed by atoms with Crippen molar-refractivity contribution in [2.75, 3.05) is 0 Å². The highest BCUT2D eigenvalue weighted by molar-refractivity contribution is 5.84. The van der Waals surface area contributed by atoms with Gasteiger partial charge in [-0.05, 0) is 24.6 Å². The van der Waals surface area contributed by atoms with Crippen molar-refractivity contribution in [3.63, 3.8) is 0 Å². The van der Waals surface area contributed by atoms with E-state index in [4.69, 9.17) is 14.3 Å². The number of aryl methyl sites for hydroxylation is 1. The highest BCUT2D eigenvalue weighted by atomic mass is 16.6. The van der Waals surface area contributed by atoms with Crippen molar-refractivity contribution in [3.8, 4) is 11.7 Å². The average molecular weight is 263 g/mol. The summed E-state index contributed by atoms with van der Waals surface area (Å²) in [6.45, 7) is 1.64. The summed E-state index contributed by atoms with van der Waals surface area (Å²) in [5.41, 5.74) is 0.498. The van der Waals surface area contributed by atoms with Gasteiger partial charge >= 0.3 is 5.97 Å². The first-order valence-corrected chi connectivity index (χ1v) is 5.23. The van der Waals surface area contributed by atoms with E-state index in [1.54, 1.807) is 6.92 Å². The third kappa shape index (κ3) is 2.71. The number of carboxylic acids is 1. The van der Waals surface area contributed by atoms with Crippen molar-refractivity contribution >= 4 is 11.7 Å². The fourth-order valence-corrected chi connectivity index (χ4v) is 1.46. The number of carbonyl (C=O) groups is 1. The van der Waals surface area contributed by atoms with Gasteiger partial charge in [0.25, 0.3) is 11.6 Å². The lowest BCUT2D eigenvalue weighted by Gasteiger charge is -2.05. The maximum atomic E-state index is 10.6. The van der Waals surface area contributed by atoms with E-state index in [0.29, 0.717) is 11.3 Å². The van der Waals surface area contributed by atoms with Crippen molar-refractivity contribution in [1.29, 1.82) is 0 Å². The highest BCUT2D eigenvalue weighted by Crippen LogP contribution is 2.29. The smallest absolute Gasteiger partial charge is 0.371 e. The molecule has 0 atom stereocenters. The first kappa shape index (κ1) is 12.6. The number of ether oxygens (including phenoxy) is 1. The van der Waals surface area contributed by atoms with Crippen molar-refractivity contribution in [3.05, 3.63) is 51.8 Å². The minimum atomic E-state index is -1.20. The summed E-state index contributed by atoms with van der Waals surface area (Å²) < 4.78 is 10.2. The Hall–Kier alpha value is -2.83. The molecule has 1 aromatic carbocycles. The molecule has 2 rings (SSSR count). The third-order valence-corrected chi connectivity index (χ3v) is 2.37. The maximum Gasteiger partial charge on any atom is 0.371 e. The number of furan rings is 1. The number of hydrogen-bond donors (Lipinski definition) is 1. The maximum absolute atomic E-state index is 10.6. The number of aromatic carboxylic acids is 1. The van der Waals surface area contributed by atoms with E-state index in [-0.39, 0.29) is 17.4 Å². The minimum Gasteiger partial charge on any atom is -0.475 e. The predicted octanol–water partition coefficient (Wildman–Crippen LogP) is 2.99. The SMILES string of the molecule is Cc1cc([N+](=O)[O-])ccc1Oc1ccc(C(=O)O)o1. The molecule has 2 aromatic rings. The van der Waals surface area contributed by atoms with Crippen LogP contribution in [0.5, 0.6) is 11.7 Å². The standard InChI is InChI=1S/C12H9NO6/c1-7-6-8(13(16)17)2-3-9(7)18-11-5-4-10(19-11)12(14)15/h2-6H,1H3,(H,14,15). The molecule has 7 nitrogen and oxygen atoms in total. The van der Waals surface area contributed by atoms with Gasteiger partial charge in [-0.3, -0.25) is 10.1 Å². The molecule has 1 aromatic heterocycles. The van der Waals surface area contributed by atoms with Crippen LogP contribution in [-0.2, 0) is 0 Å². The number of nitro benzene ring substituents is 1. The van der Waals surface area contributed by atoms with Crippen LogP contribution in [0.25, 0.3) is 0 Å². The zero-order chi connectivity index (χ0) is 14.0. The summed E-state index contributed by atoms with van der Waals surface area (Å²) in [5, 5.41) is 19.3. The monoisotopic (exact) mass is 263 g/mol.